The largest absolute Gasteiger partial charge is 0.478 e. The average molecular weight is 570 g/mol. The van der Waals surface area contributed by atoms with Gasteiger partial charge in [0.05, 0.1) is 34.1 Å². The average Bonchev–Trinajstić information content (AvgIpc) is 2.90. The molecule has 0 aliphatic carbocycles. The van der Waals surface area contributed by atoms with Gasteiger partial charge in [0.2, 0.25) is 12.2 Å². The Kier molecular flexibility index (Phi) is 8.76. The van der Waals surface area contributed by atoms with Crippen LogP contribution in [-0.4, -0.2) is 46.1 Å². The SMILES string of the molecule is O=C(O[C@H](C(=O)O)[C@H](OC(=O)c1cccc(C(F)(F)F)c1)C(=O)Nc1cccnc1)c1cccc(C(F)(F)F)c1. The Morgan fingerprint density at radius 1 is 0.750 bits per heavy atom. The first kappa shape index (κ1) is 29.6. The number of esters is 2. The minimum absolute atomic E-state index is 0.0408. The zero-order chi connectivity index (χ0) is 29.7. The lowest BCUT2D eigenvalue weighted by Gasteiger charge is -2.23. The molecule has 2 N–H and O–H groups in total. The number of benzene rings is 2. The summed E-state index contributed by atoms with van der Waals surface area (Å²) >= 11 is 0. The Labute approximate surface area is 220 Å². The van der Waals surface area contributed by atoms with Gasteiger partial charge in [-0.2, -0.15) is 26.3 Å². The van der Waals surface area contributed by atoms with Gasteiger partial charge in [-0.15, -0.1) is 0 Å². The number of aromatic nitrogens is 1. The van der Waals surface area contributed by atoms with Crippen molar-refractivity contribution >= 4 is 29.5 Å². The second-order valence-corrected chi connectivity index (χ2v) is 7.88. The van der Waals surface area contributed by atoms with Gasteiger partial charge in [0.15, 0.2) is 0 Å². The maximum atomic E-state index is 13.1. The summed E-state index contributed by atoms with van der Waals surface area (Å²) in [5.74, 6) is -6.70. The van der Waals surface area contributed by atoms with Crippen molar-refractivity contribution in [2.24, 2.45) is 0 Å². The molecule has 1 heterocycles. The van der Waals surface area contributed by atoms with E-state index in [1.807, 2.05) is 0 Å². The molecule has 2 atom stereocenters. The fourth-order valence-corrected chi connectivity index (χ4v) is 3.16. The Bertz CT molecular complexity index is 1410. The molecule has 0 aliphatic rings. The topological polar surface area (TPSA) is 132 Å². The number of alkyl halides is 6. The zero-order valence-electron chi connectivity index (χ0n) is 19.7. The lowest BCUT2D eigenvalue weighted by molar-refractivity contribution is -0.157. The number of carbonyl (C=O) groups excluding carboxylic acids is 3. The number of nitrogens with one attached hydrogen (secondary N) is 1. The number of ether oxygens (including phenoxy) is 2. The number of carbonyl (C=O) groups is 4. The van der Waals surface area contributed by atoms with Gasteiger partial charge in [-0.3, -0.25) is 9.78 Å². The van der Waals surface area contributed by atoms with Crippen molar-refractivity contribution in [2.75, 3.05) is 5.32 Å². The van der Waals surface area contributed by atoms with Gasteiger partial charge in [-0.1, -0.05) is 12.1 Å². The van der Waals surface area contributed by atoms with Crippen molar-refractivity contribution in [3.05, 3.63) is 95.3 Å². The predicted octanol–water partition coefficient (Wildman–Crippen LogP) is 4.59. The van der Waals surface area contributed by atoms with Crippen LogP contribution in [0.1, 0.15) is 31.8 Å². The summed E-state index contributed by atoms with van der Waals surface area (Å²) in [5.41, 5.74) is -4.06. The molecule has 2 aromatic carbocycles. The number of halogens is 6. The van der Waals surface area contributed by atoms with Crippen molar-refractivity contribution in [3.63, 3.8) is 0 Å². The number of amides is 1. The van der Waals surface area contributed by atoms with Gasteiger partial charge in [0.25, 0.3) is 5.91 Å². The third kappa shape index (κ3) is 7.55. The molecule has 0 unspecified atom stereocenters. The molecule has 0 bridgehead atoms. The third-order valence-corrected chi connectivity index (χ3v) is 5.03. The predicted molar refractivity (Wildman–Crippen MR) is 122 cm³/mol. The fraction of sp³-hybridized carbons (Fsp3) is 0.160. The summed E-state index contributed by atoms with van der Waals surface area (Å²) in [5, 5.41) is 11.8. The summed E-state index contributed by atoms with van der Waals surface area (Å²) in [6.45, 7) is 0. The molecule has 0 fully saturated rings. The summed E-state index contributed by atoms with van der Waals surface area (Å²) in [6.07, 6.45) is -12.5. The first-order valence-corrected chi connectivity index (χ1v) is 10.9. The minimum atomic E-state index is -4.87. The molecule has 1 amide bonds. The molecule has 15 heteroatoms. The van der Waals surface area contributed by atoms with E-state index in [0.29, 0.717) is 24.3 Å². The van der Waals surface area contributed by atoms with Crippen molar-refractivity contribution in [3.8, 4) is 0 Å². The van der Waals surface area contributed by atoms with Crippen LogP contribution in [0.3, 0.4) is 0 Å². The number of rotatable bonds is 8. The Balaban J connectivity index is 1.95. The van der Waals surface area contributed by atoms with E-state index in [2.05, 4.69) is 10.3 Å². The molecule has 0 radical (unpaired) electrons. The molecule has 210 valence electrons. The van der Waals surface area contributed by atoms with E-state index < -0.39 is 70.6 Å². The highest BCUT2D eigenvalue weighted by atomic mass is 19.4. The number of aliphatic carboxylic acids is 1. The molecule has 40 heavy (non-hydrogen) atoms. The van der Waals surface area contributed by atoms with Crippen LogP contribution in [0.4, 0.5) is 32.0 Å². The highest BCUT2D eigenvalue weighted by Crippen LogP contribution is 2.31. The maximum absolute atomic E-state index is 13.1. The van der Waals surface area contributed by atoms with E-state index in [1.165, 1.54) is 18.3 Å². The van der Waals surface area contributed by atoms with Crippen molar-refractivity contribution in [2.45, 2.75) is 24.6 Å². The van der Waals surface area contributed by atoms with Gasteiger partial charge in [-0.05, 0) is 48.5 Å². The summed E-state index contributed by atoms with van der Waals surface area (Å²) < 4.78 is 88.0. The Morgan fingerprint density at radius 3 is 1.68 bits per heavy atom. The maximum Gasteiger partial charge on any atom is 0.416 e. The van der Waals surface area contributed by atoms with E-state index in [-0.39, 0.29) is 5.69 Å². The van der Waals surface area contributed by atoms with Crippen LogP contribution in [0, 0.1) is 0 Å². The van der Waals surface area contributed by atoms with Crippen LogP contribution < -0.4 is 5.32 Å². The van der Waals surface area contributed by atoms with Gasteiger partial charge < -0.3 is 19.9 Å². The molecule has 0 saturated carbocycles. The van der Waals surface area contributed by atoms with Crippen LogP contribution in [0.2, 0.25) is 0 Å². The zero-order valence-corrected chi connectivity index (χ0v) is 19.7. The van der Waals surface area contributed by atoms with Crippen molar-refractivity contribution in [1.82, 2.24) is 4.98 Å². The van der Waals surface area contributed by atoms with Crippen LogP contribution in [0.15, 0.2) is 73.1 Å². The molecule has 9 nitrogen and oxygen atoms in total. The van der Waals surface area contributed by atoms with E-state index in [9.17, 15) is 50.6 Å². The second-order valence-electron chi connectivity index (χ2n) is 7.88. The van der Waals surface area contributed by atoms with E-state index in [0.717, 1.165) is 30.5 Å². The fourth-order valence-electron chi connectivity index (χ4n) is 3.16. The number of hydrogen-bond acceptors (Lipinski definition) is 7. The van der Waals surface area contributed by atoms with E-state index in [4.69, 9.17) is 9.47 Å². The molecule has 0 spiro atoms. The number of carboxylic acid groups (broad SMARTS) is 1. The molecule has 0 aliphatic heterocycles. The van der Waals surface area contributed by atoms with Gasteiger partial charge in [0.1, 0.15) is 0 Å². The van der Waals surface area contributed by atoms with Crippen LogP contribution in [-0.2, 0) is 31.4 Å². The minimum Gasteiger partial charge on any atom is -0.478 e. The highest BCUT2D eigenvalue weighted by Gasteiger charge is 2.42. The molecule has 3 aromatic rings. The van der Waals surface area contributed by atoms with Gasteiger partial charge >= 0.3 is 30.3 Å². The van der Waals surface area contributed by atoms with Crippen LogP contribution in [0.5, 0.6) is 0 Å². The number of hydrogen-bond donors (Lipinski definition) is 2. The quantitative estimate of drug-likeness (QED) is 0.297. The van der Waals surface area contributed by atoms with Crippen molar-refractivity contribution in [1.29, 1.82) is 0 Å². The molecule has 3 rings (SSSR count). The van der Waals surface area contributed by atoms with E-state index in [1.54, 1.807) is 0 Å². The van der Waals surface area contributed by atoms with Crippen molar-refractivity contribution < 1.29 is 60.1 Å². The molecular formula is C25H16F6N2O7. The second kappa shape index (κ2) is 11.8. The number of pyridine rings is 1. The summed E-state index contributed by atoms with van der Waals surface area (Å²) in [6, 6.07) is 8.12. The Morgan fingerprint density at radius 2 is 1.25 bits per heavy atom. The first-order chi connectivity index (χ1) is 18.7. The number of anilines is 1. The smallest absolute Gasteiger partial charge is 0.416 e. The molecule has 1 aromatic heterocycles. The van der Waals surface area contributed by atoms with Gasteiger partial charge in [0, 0.05) is 6.20 Å². The highest BCUT2D eigenvalue weighted by molar-refractivity contribution is 6.01. The summed E-state index contributed by atoms with van der Waals surface area (Å²) in [4.78, 5) is 53.9. The standard InChI is InChI=1S/C25H16F6N2O7/c26-24(27,28)15-6-1-4-13(10-15)22(37)39-18(20(34)33-17-8-3-9-32-12-17)19(21(35)36)40-23(38)14-5-2-7-16(11-14)25(29,30)31/h1-12,18-19H,(H,33,34)(H,35,36)/t18-,19-/m0/s1. The molecule has 0 saturated heterocycles. The number of nitrogens with zero attached hydrogens (tertiary/aromatic N) is 1. The van der Waals surface area contributed by atoms with Crippen LogP contribution >= 0.6 is 0 Å². The first-order valence-electron chi connectivity index (χ1n) is 10.9. The lowest BCUT2D eigenvalue weighted by atomic mass is 10.1. The van der Waals surface area contributed by atoms with Crippen LogP contribution in [0.25, 0.3) is 0 Å². The van der Waals surface area contributed by atoms with Gasteiger partial charge in [-0.25, -0.2) is 14.4 Å². The van der Waals surface area contributed by atoms with E-state index >= 15 is 0 Å². The summed E-state index contributed by atoms with van der Waals surface area (Å²) in [7, 11) is 0. The Hall–Kier alpha value is -4.95. The number of carboxylic acids is 1. The normalized spacial score (nSPS) is 13.1. The lowest BCUT2D eigenvalue weighted by Crippen LogP contribution is -2.48. The molecular weight excluding hydrogens is 554 g/mol. The monoisotopic (exact) mass is 570 g/mol. The third-order valence-electron chi connectivity index (χ3n) is 5.03.